The number of rotatable bonds is 16. The van der Waals surface area contributed by atoms with Gasteiger partial charge in [-0.1, -0.05) is 6.42 Å². The first-order valence-corrected chi connectivity index (χ1v) is 10.1. The summed E-state index contributed by atoms with van der Waals surface area (Å²) >= 11 is 0. The normalized spacial score (nSPS) is 15.5. The topological polar surface area (TPSA) is 197 Å². The van der Waals surface area contributed by atoms with Crippen LogP contribution in [0.4, 0.5) is 0 Å². The second-order valence-corrected chi connectivity index (χ2v) is 7.78. The molecule has 0 amide bonds. The van der Waals surface area contributed by atoms with Gasteiger partial charge in [0.25, 0.3) is 0 Å². The lowest BCUT2D eigenvalue weighted by Crippen LogP contribution is -2.36. The Morgan fingerprint density at radius 1 is 0.636 bits per heavy atom. The van der Waals surface area contributed by atoms with Crippen molar-refractivity contribution in [3.63, 3.8) is 0 Å². The van der Waals surface area contributed by atoms with Crippen molar-refractivity contribution in [1.29, 1.82) is 0 Å². The van der Waals surface area contributed by atoms with Crippen LogP contribution in [0.15, 0.2) is 0 Å². The third-order valence-electron chi connectivity index (χ3n) is 4.76. The van der Waals surface area contributed by atoms with Crippen molar-refractivity contribution in [2.45, 2.75) is 94.2 Å². The number of carbonyl (C=O) groups is 2. The highest BCUT2D eigenvalue weighted by molar-refractivity contribution is 5.86. The summed E-state index contributed by atoms with van der Waals surface area (Å²) in [6.07, 6.45) is 2.02. The summed E-state index contributed by atoms with van der Waals surface area (Å²) in [4.78, 5) is 22.3. The Bertz CT molecular complexity index is 486. The highest BCUT2D eigenvalue weighted by Gasteiger charge is 2.20. The van der Waals surface area contributed by atoms with Gasteiger partial charge in [-0.3, -0.25) is 9.59 Å². The molecule has 0 radical (unpaired) electrons. The second-order valence-electron chi connectivity index (χ2n) is 7.78. The Morgan fingerprint density at radius 2 is 0.970 bits per heavy atom. The number of ether oxygens (including phenoxy) is 2. The summed E-state index contributed by atoms with van der Waals surface area (Å²) in [5.41, 5.74) is 23.7. The number of aliphatic hydroxyl groups is 2. The molecule has 0 bridgehead atoms. The Kier molecular flexibility index (Phi) is 32.5. The molecule has 6 atom stereocenters. The summed E-state index contributed by atoms with van der Waals surface area (Å²) in [6.45, 7) is 0. The number of nitrogens with two attached hydrogens (primary N) is 4. The predicted octanol–water partition coefficient (Wildman–Crippen LogP) is 0.562. The van der Waals surface area contributed by atoms with Gasteiger partial charge in [0.15, 0.2) is 0 Å². The van der Waals surface area contributed by atoms with Crippen LogP contribution in [0.1, 0.15) is 57.8 Å². The number of methoxy groups -OCH3 is 2. The largest absolute Gasteiger partial charge is 0.469 e. The van der Waals surface area contributed by atoms with Crippen LogP contribution in [0.3, 0.4) is 0 Å². The van der Waals surface area contributed by atoms with E-state index in [0.717, 1.165) is 6.42 Å². The molecule has 204 valence electrons. The molecule has 0 spiro atoms. The molecule has 0 aliphatic rings. The molecule has 14 heteroatoms. The number of esters is 2. The van der Waals surface area contributed by atoms with Crippen molar-refractivity contribution in [3.8, 4) is 0 Å². The van der Waals surface area contributed by atoms with Gasteiger partial charge in [-0.2, -0.15) is 0 Å². The van der Waals surface area contributed by atoms with Crippen LogP contribution in [-0.2, 0) is 19.1 Å². The van der Waals surface area contributed by atoms with E-state index in [-0.39, 0.29) is 93.4 Å². The summed E-state index contributed by atoms with van der Waals surface area (Å²) in [6, 6.07) is -1.39. The molecule has 6 unspecified atom stereocenters. The molecule has 0 saturated heterocycles. The van der Waals surface area contributed by atoms with E-state index in [1.165, 1.54) is 14.2 Å². The molecule has 0 aromatic rings. The SMILES string of the molecule is COC(=O)CC(N)CCCC(N)CC(O)CC(N)CC(O)CC(N)CC(=O)OC.Cl.Cl.Cl.Cl. The fourth-order valence-corrected chi connectivity index (χ4v) is 3.23. The second kappa shape index (κ2) is 25.0. The van der Waals surface area contributed by atoms with E-state index in [4.69, 9.17) is 22.9 Å². The number of aliphatic hydroxyl groups excluding tert-OH is 2. The molecule has 0 aromatic carbocycles. The van der Waals surface area contributed by atoms with Gasteiger partial charge in [-0.15, -0.1) is 49.6 Å². The molecule has 0 saturated carbocycles. The number of hydrogen-bond donors (Lipinski definition) is 6. The zero-order valence-corrected chi connectivity index (χ0v) is 22.6. The lowest BCUT2D eigenvalue weighted by atomic mass is 9.94. The molecule has 0 rings (SSSR count). The van der Waals surface area contributed by atoms with Crippen molar-refractivity contribution in [3.05, 3.63) is 0 Å². The summed E-state index contributed by atoms with van der Waals surface area (Å²) in [7, 11) is 2.61. The summed E-state index contributed by atoms with van der Waals surface area (Å²) in [5, 5.41) is 20.2. The fourth-order valence-electron chi connectivity index (χ4n) is 3.23. The molecule has 10 N–H and O–H groups in total. The first-order chi connectivity index (χ1) is 13.6. The third kappa shape index (κ3) is 24.8. The number of hydrogen-bond acceptors (Lipinski definition) is 10. The highest BCUT2D eigenvalue weighted by Crippen LogP contribution is 2.14. The molecule has 0 aliphatic heterocycles. The first kappa shape index (κ1) is 43.0. The van der Waals surface area contributed by atoms with E-state index in [0.29, 0.717) is 25.7 Å². The van der Waals surface area contributed by atoms with E-state index in [2.05, 4.69) is 9.47 Å². The monoisotopic (exact) mass is 564 g/mol. The Hall–Kier alpha value is -0.140. The third-order valence-corrected chi connectivity index (χ3v) is 4.76. The van der Waals surface area contributed by atoms with Crippen molar-refractivity contribution >= 4 is 61.6 Å². The molecule has 10 nitrogen and oxygen atoms in total. The van der Waals surface area contributed by atoms with Crippen molar-refractivity contribution < 1.29 is 29.3 Å². The Labute approximate surface area is 221 Å². The molecule has 0 fully saturated rings. The van der Waals surface area contributed by atoms with Gasteiger partial charge in [0, 0.05) is 24.2 Å². The molecule has 0 heterocycles. The van der Waals surface area contributed by atoms with E-state index >= 15 is 0 Å². The Balaban J connectivity index is -0.000000653. The van der Waals surface area contributed by atoms with E-state index in [9.17, 15) is 19.8 Å². The van der Waals surface area contributed by atoms with Crippen LogP contribution in [0, 0.1) is 0 Å². The quantitative estimate of drug-likeness (QED) is 0.144. The minimum absolute atomic E-state index is 0. The van der Waals surface area contributed by atoms with Crippen LogP contribution in [-0.4, -0.2) is 72.7 Å². The standard InChI is InChI=1S/C19H40N4O6.4ClH/c1-28-18(26)10-13(21)5-3-4-12(20)6-16(24)7-14(22)8-17(25)9-15(23)11-19(27)29-2;;;;/h12-17,24-25H,3-11,20-23H2,1-2H3;4*1H. The van der Waals surface area contributed by atoms with Crippen LogP contribution < -0.4 is 22.9 Å². The Morgan fingerprint density at radius 3 is 1.39 bits per heavy atom. The lowest BCUT2D eigenvalue weighted by molar-refractivity contribution is -0.142. The maximum Gasteiger partial charge on any atom is 0.307 e. The minimum atomic E-state index is -0.762. The van der Waals surface area contributed by atoms with E-state index in [1.807, 2.05) is 0 Å². The molecular weight excluding hydrogens is 522 g/mol. The number of carbonyl (C=O) groups excluding carboxylic acids is 2. The van der Waals surface area contributed by atoms with Crippen LogP contribution in [0.5, 0.6) is 0 Å². The maximum absolute atomic E-state index is 11.2. The molecule has 0 aliphatic carbocycles. The predicted molar refractivity (Wildman–Crippen MR) is 138 cm³/mol. The van der Waals surface area contributed by atoms with Crippen molar-refractivity contribution in [2.24, 2.45) is 22.9 Å². The smallest absolute Gasteiger partial charge is 0.307 e. The van der Waals surface area contributed by atoms with Crippen LogP contribution in [0.2, 0.25) is 0 Å². The van der Waals surface area contributed by atoms with E-state index in [1.54, 1.807) is 0 Å². The molecular formula is C19H44Cl4N4O6. The van der Waals surface area contributed by atoms with Gasteiger partial charge < -0.3 is 42.6 Å². The fraction of sp³-hybridized carbons (Fsp3) is 0.895. The molecule has 33 heavy (non-hydrogen) atoms. The van der Waals surface area contributed by atoms with Crippen LogP contribution in [0.25, 0.3) is 0 Å². The minimum Gasteiger partial charge on any atom is -0.469 e. The van der Waals surface area contributed by atoms with Crippen LogP contribution >= 0.6 is 49.6 Å². The highest BCUT2D eigenvalue weighted by atomic mass is 35.5. The van der Waals surface area contributed by atoms with E-state index < -0.39 is 30.3 Å². The zero-order valence-electron chi connectivity index (χ0n) is 19.3. The first-order valence-electron chi connectivity index (χ1n) is 10.1. The van der Waals surface area contributed by atoms with Gasteiger partial charge in [0.05, 0.1) is 39.3 Å². The molecule has 0 aromatic heterocycles. The average molecular weight is 566 g/mol. The van der Waals surface area contributed by atoms with Crippen molar-refractivity contribution in [2.75, 3.05) is 14.2 Å². The van der Waals surface area contributed by atoms with Gasteiger partial charge >= 0.3 is 11.9 Å². The van der Waals surface area contributed by atoms with Crippen molar-refractivity contribution in [1.82, 2.24) is 0 Å². The van der Waals surface area contributed by atoms with Gasteiger partial charge in [0.1, 0.15) is 0 Å². The van der Waals surface area contributed by atoms with Gasteiger partial charge in [0.2, 0.25) is 0 Å². The van der Waals surface area contributed by atoms with Gasteiger partial charge in [-0.05, 0) is 38.5 Å². The average Bonchev–Trinajstić information content (AvgIpc) is 2.60. The zero-order chi connectivity index (χ0) is 22.4. The van der Waals surface area contributed by atoms with Gasteiger partial charge in [-0.25, -0.2) is 0 Å². The summed E-state index contributed by atoms with van der Waals surface area (Å²) in [5.74, 6) is -0.760. The summed E-state index contributed by atoms with van der Waals surface area (Å²) < 4.78 is 9.11. The maximum atomic E-state index is 11.2. The lowest BCUT2D eigenvalue weighted by Gasteiger charge is -2.23. The number of halogens is 4.